The molecule has 0 unspecified atom stereocenters. The zero-order valence-corrected chi connectivity index (χ0v) is 23.6. The Bertz CT molecular complexity index is 1300. The van der Waals surface area contributed by atoms with Crippen molar-refractivity contribution in [2.45, 2.75) is 72.6 Å². The molecule has 7 heteroatoms. The van der Waals surface area contributed by atoms with Crippen LogP contribution in [0.15, 0.2) is 61.2 Å². The van der Waals surface area contributed by atoms with Crippen molar-refractivity contribution in [3.05, 3.63) is 83.6 Å². The average molecular weight is 518 g/mol. The highest BCUT2D eigenvalue weighted by atomic mass is 16.6. The summed E-state index contributed by atoms with van der Waals surface area (Å²) < 4.78 is 12.8. The van der Waals surface area contributed by atoms with Crippen molar-refractivity contribution in [2.75, 3.05) is 6.61 Å². The van der Waals surface area contributed by atoms with Crippen LogP contribution in [0.25, 0.3) is 11.3 Å². The molecule has 0 spiro atoms. The van der Waals surface area contributed by atoms with Crippen LogP contribution in [0, 0.1) is 6.92 Å². The maximum atomic E-state index is 13.0. The number of carbonyl (C=O) groups is 2. The first-order valence-corrected chi connectivity index (χ1v) is 12.9. The van der Waals surface area contributed by atoms with Gasteiger partial charge in [-0.25, -0.2) is 4.79 Å². The molecule has 1 heterocycles. The Hall–Kier alpha value is -3.87. The smallest absolute Gasteiger partial charge is 0.349 e. The van der Waals surface area contributed by atoms with E-state index in [1.54, 1.807) is 37.6 Å². The van der Waals surface area contributed by atoms with Crippen LogP contribution in [0.5, 0.6) is 5.75 Å². The van der Waals surface area contributed by atoms with Gasteiger partial charge in [0.05, 0.1) is 18.8 Å². The third kappa shape index (κ3) is 6.91. The van der Waals surface area contributed by atoms with E-state index in [0.29, 0.717) is 31.1 Å². The topological polar surface area (TPSA) is 82.5 Å². The lowest BCUT2D eigenvalue weighted by Gasteiger charge is -2.25. The Morgan fingerprint density at radius 2 is 1.74 bits per heavy atom. The number of hydrogen-bond acceptors (Lipinski definition) is 5. The third-order valence-electron chi connectivity index (χ3n) is 6.19. The Morgan fingerprint density at radius 3 is 2.32 bits per heavy atom. The fraction of sp³-hybridized carbons (Fsp3) is 0.387. The second kappa shape index (κ2) is 11.7. The molecule has 3 rings (SSSR count). The Morgan fingerprint density at radius 1 is 1.05 bits per heavy atom. The van der Waals surface area contributed by atoms with Crippen molar-refractivity contribution in [1.29, 1.82) is 0 Å². The minimum absolute atomic E-state index is 0.0602. The van der Waals surface area contributed by atoms with Crippen LogP contribution in [0.2, 0.25) is 0 Å². The van der Waals surface area contributed by atoms with Gasteiger partial charge >= 0.3 is 5.97 Å². The standard InChI is InChI=1S/C31H39N3O4/c1-9-17-34-26(23-12-14-24(15-13-23)30(4,5)6)19-25(33-34)28(35)32-20-22-11-16-27(21(3)18-22)38-31(7,8)29(36)37-10-2/h9,11-16,18-19H,1,10,17,20H2,2-8H3,(H,32,35). The first-order chi connectivity index (χ1) is 17.9. The highest BCUT2D eigenvalue weighted by molar-refractivity contribution is 5.93. The molecule has 1 N–H and O–H groups in total. The summed E-state index contributed by atoms with van der Waals surface area (Å²) in [5, 5.41) is 7.49. The van der Waals surface area contributed by atoms with E-state index in [-0.39, 0.29) is 11.3 Å². The fourth-order valence-electron chi connectivity index (χ4n) is 3.99. The second-order valence-corrected chi connectivity index (χ2v) is 10.8. The van der Waals surface area contributed by atoms with E-state index >= 15 is 0 Å². The first-order valence-electron chi connectivity index (χ1n) is 12.9. The van der Waals surface area contributed by atoms with Gasteiger partial charge in [0.1, 0.15) is 5.75 Å². The number of allylic oxidation sites excluding steroid dienone is 1. The predicted octanol–water partition coefficient (Wildman–Crippen LogP) is 5.99. The molecule has 0 saturated heterocycles. The lowest BCUT2D eigenvalue weighted by Crippen LogP contribution is -2.39. The summed E-state index contributed by atoms with van der Waals surface area (Å²) >= 11 is 0. The van der Waals surface area contributed by atoms with Crippen LogP contribution in [-0.4, -0.2) is 33.9 Å². The van der Waals surface area contributed by atoms with Crippen LogP contribution in [-0.2, 0) is 28.0 Å². The maximum Gasteiger partial charge on any atom is 0.349 e. The maximum absolute atomic E-state index is 13.0. The van der Waals surface area contributed by atoms with Crippen molar-refractivity contribution >= 4 is 11.9 Å². The number of amides is 1. The number of aryl methyl sites for hydroxylation is 1. The molecule has 0 aliphatic carbocycles. The predicted molar refractivity (Wildman–Crippen MR) is 150 cm³/mol. The number of esters is 1. The van der Waals surface area contributed by atoms with E-state index in [1.807, 2.05) is 25.1 Å². The molecule has 1 amide bonds. The van der Waals surface area contributed by atoms with E-state index < -0.39 is 11.6 Å². The fourth-order valence-corrected chi connectivity index (χ4v) is 3.99. The summed E-state index contributed by atoms with van der Waals surface area (Å²) in [5.74, 6) is -0.0960. The minimum atomic E-state index is -1.11. The van der Waals surface area contributed by atoms with Crippen molar-refractivity contribution in [1.82, 2.24) is 15.1 Å². The van der Waals surface area contributed by atoms with E-state index in [1.165, 1.54) is 5.56 Å². The highest BCUT2D eigenvalue weighted by Gasteiger charge is 2.32. The lowest BCUT2D eigenvalue weighted by molar-refractivity contribution is -0.158. The van der Waals surface area contributed by atoms with Crippen LogP contribution < -0.4 is 10.1 Å². The molecule has 0 aliphatic rings. The van der Waals surface area contributed by atoms with Gasteiger partial charge in [0, 0.05) is 6.54 Å². The molecule has 1 aromatic heterocycles. The number of nitrogens with zero attached hydrogens (tertiary/aromatic N) is 2. The molecule has 3 aromatic rings. The summed E-state index contributed by atoms with van der Waals surface area (Å²) in [4.78, 5) is 25.2. The van der Waals surface area contributed by atoms with Gasteiger partial charge in [-0.1, -0.05) is 63.2 Å². The SMILES string of the molecule is C=CCn1nc(C(=O)NCc2ccc(OC(C)(C)C(=O)OCC)c(C)c2)cc1-c1ccc(C(C)(C)C)cc1. The quantitative estimate of drug-likeness (QED) is 0.264. The molecule has 0 radical (unpaired) electrons. The monoisotopic (exact) mass is 517 g/mol. The Kier molecular flexibility index (Phi) is 8.82. The molecule has 0 atom stereocenters. The van der Waals surface area contributed by atoms with E-state index in [0.717, 1.165) is 22.4 Å². The van der Waals surface area contributed by atoms with Gasteiger partial charge in [0.2, 0.25) is 0 Å². The number of aromatic nitrogens is 2. The van der Waals surface area contributed by atoms with Crippen molar-refractivity contribution < 1.29 is 19.1 Å². The second-order valence-electron chi connectivity index (χ2n) is 10.8. The molecule has 202 valence electrons. The summed E-state index contributed by atoms with van der Waals surface area (Å²) in [6.45, 7) is 18.5. The molecule has 0 aliphatic heterocycles. The van der Waals surface area contributed by atoms with Gasteiger partial charge in [-0.05, 0) is 67.5 Å². The molecule has 0 bridgehead atoms. The molecular weight excluding hydrogens is 478 g/mol. The minimum Gasteiger partial charge on any atom is -0.476 e. The number of nitrogens with one attached hydrogen (secondary N) is 1. The van der Waals surface area contributed by atoms with Crippen LogP contribution in [0.1, 0.15) is 68.7 Å². The van der Waals surface area contributed by atoms with Gasteiger partial charge in [0.25, 0.3) is 5.91 Å². The lowest BCUT2D eigenvalue weighted by atomic mass is 9.86. The van der Waals surface area contributed by atoms with Gasteiger partial charge in [-0.3, -0.25) is 9.48 Å². The highest BCUT2D eigenvalue weighted by Crippen LogP contribution is 2.27. The van der Waals surface area contributed by atoms with Crippen LogP contribution >= 0.6 is 0 Å². The van der Waals surface area contributed by atoms with Gasteiger partial charge in [-0.15, -0.1) is 6.58 Å². The number of carbonyl (C=O) groups excluding carboxylic acids is 2. The molecule has 2 aromatic carbocycles. The van der Waals surface area contributed by atoms with Crippen LogP contribution in [0.4, 0.5) is 0 Å². The van der Waals surface area contributed by atoms with Gasteiger partial charge in [-0.2, -0.15) is 5.10 Å². The molecule has 7 nitrogen and oxygen atoms in total. The van der Waals surface area contributed by atoms with Gasteiger partial charge in [0.15, 0.2) is 11.3 Å². The molecule has 0 fully saturated rings. The van der Waals surface area contributed by atoms with E-state index in [2.05, 4.69) is 62.0 Å². The van der Waals surface area contributed by atoms with Crippen molar-refractivity contribution in [2.24, 2.45) is 0 Å². The summed E-state index contributed by atoms with van der Waals surface area (Å²) in [5.41, 5.74) is 4.14. The summed E-state index contributed by atoms with van der Waals surface area (Å²) in [6.07, 6.45) is 1.76. The van der Waals surface area contributed by atoms with Gasteiger partial charge < -0.3 is 14.8 Å². The number of benzene rings is 2. The summed E-state index contributed by atoms with van der Waals surface area (Å²) in [7, 11) is 0. The largest absolute Gasteiger partial charge is 0.476 e. The van der Waals surface area contributed by atoms with Crippen molar-refractivity contribution in [3.8, 4) is 17.0 Å². The first kappa shape index (κ1) is 28.7. The zero-order valence-electron chi connectivity index (χ0n) is 23.6. The molecule has 0 saturated carbocycles. The molecular formula is C31H39N3O4. The Balaban J connectivity index is 1.72. The number of ether oxygens (including phenoxy) is 2. The average Bonchev–Trinajstić information content (AvgIpc) is 3.28. The summed E-state index contributed by atoms with van der Waals surface area (Å²) in [6, 6.07) is 15.8. The van der Waals surface area contributed by atoms with Crippen LogP contribution in [0.3, 0.4) is 0 Å². The number of rotatable bonds is 10. The third-order valence-corrected chi connectivity index (χ3v) is 6.19. The molecule has 38 heavy (non-hydrogen) atoms. The van der Waals surface area contributed by atoms with E-state index in [9.17, 15) is 9.59 Å². The van der Waals surface area contributed by atoms with E-state index in [4.69, 9.17) is 9.47 Å². The number of hydrogen-bond donors (Lipinski definition) is 1. The van der Waals surface area contributed by atoms with Crippen molar-refractivity contribution in [3.63, 3.8) is 0 Å². The normalized spacial score (nSPS) is 11.7. The Labute approximate surface area is 225 Å². The zero-order chi connectivity index (χ0) is 28.1.